The Morgan fingerprint density at radius 2 is 2.17 bits per heavy atom. The summed E-state index contributed by atoms with van der Waals surface area (Å²) in [7, 11) is 3.33. The van der Waals surface area contributed by atoms with Crippen molar-refractivity contribution in [3.8, 4) is 0 Å². The van der Waals surface area contributed by atoms with Crippen molar-refractivity contribution in [1.29, 1.82) is 0 Å². The Bertz CT molecular complexity index is 257. The number of ether oxygens (including phenoxy) is 1. The van der Waals surface area contributed by atoms with Crippen molar-refractivity contribution in [3.63, 3.8) is 0 Å². The molecule has 0 aliphatic rings. The van der Waals surface area contributed by atoms with Crippen LogP contribution in [0.2, 0.25) is 0 Å². The van der Waals surface area contributed by atoms with Gasteiger partial charge in [0.05, 0.1) is 0 Å². The number of rotatable bonds is 3. The highest BCUT2D eigenvalue weighted by molar-refractivity contribution is 5.17. The molecule has 5 nitrogen and oxygen atoms in total. The van der Waals surface area contributed by atoms with Gasteiger partial charge in [0.2, 0.25) is 5.82 Å². The number of nitrogens with zero attached hydrogens (tertiary/aromatic N) is 2. The van der Waals surface area contributed by atoms with Crippen LogP contribution in [-0.4, -0.2) is 24.3 Å². The van der Waals surface area contributed by atoms with Crippen LogP contribution in [0.1, 0.15) is 19.7 Å². The molecular weight excluding hydrogens is 158 g/mol. The lowest BCUT2D eigenvalue weighted by atomic mass is 10.1. The van der Waals surface area contributed by atoms with Gasteiger partial charge in [-0.3, -0.25) is 0 Å². The van der Waals surface area contributed by atoms with Crippen LogP contribution in [0.4, 0.5) is 6.01 Å². The summed E-state index contributed by atoms with van der Waals surface area (Å²) in [5.74, 6) is 0.536. The third kappa shape index (κ3) is 1.55. The molecule has 1 heterocycles. The van der Waals surface area contributed by atoms with E-state index in [1.165, 1.54) is 0 Å². The van der Waals surface area contributed by atoms with Gasteiger partial charge in [0, 0.05) is 14.2 Å². The van der Waals surface area contributed by atoms with Gasteiger partial charge >= 0.3 is 6.01 Å². The van der Waals surface area contributed by atoms with Gasteiger partial charge in [0.1, 0.15) is 5.60 Å². The fourth-order valence-electron chi connectivity index (χ4n) is 0.661. The Labute approximate surface area is 71.1 Å². The number of nitrogens with one attached hydrogen (secondary N) is 1. The van der Waals surface area contributed by atoms with Gasteiger partial charge in [-0.05, 0) is 13.8 Å². The lowest BCUT2D eigenvalue weighted by Gasteiger charge is -2.17. The summed E-state index contributed by atoms with van der Waals surface area (Å²) in [6.45, 7) is 3.74. The van der Waals surface area contributed by atoms with Crippen LogP contribution in [0.5, 0.6) is 0 Å². The third-order valence-electron chi connectivity index (χ3n) is 1.69. The Morgan fingerprint density at radius 3 is 2.58 bits per heavy atom. The van der Waals surface area contributed by atoms with E-state index >= 15 is 0 Å². The van der Waals surface area contributed by atoms with Crippen molar-refractivity contribution in [3.05, 3.63) is 5.82 Å². The molecule has 0 spiro atoms. The van der Waals surface area contributed by atoms with Crippen LogP contribution in [-0.2, 0) is 10.3 Å². The lowest BCUT2D eigenvalue weighted by molar-refractivity contribution is 0.00973. The van der Waals surface area contributed by atoms with E-state index in [0.717, 1.165) is 0 Å². The van der Waals surface area contributed by atoms with Crippen molar-refractivity contribution in [2.24, 2.45) is 0 Å². The molecule has 0 aliphatic heterocycles. The van der Waals surface area contributed by atoms with Crippen LogP contribution < -0.4 is 5.32 Å². The Hall–Kier alpha value is -1.10. The van der Waals surface area contributed by atoms with E-state index < -0.39 is 5.60 Å². The van der Waals surface area contributed by atoms with Gasteiger partial charge in [-0.25, -0.2) is 0 Å². The molecule has 1 rings (SSSR count). The molecule has 0 aliphatic carbocycles. The maximum absolute atomic E-state index is 5.17. The van der Waals surface area contributed by atoms with Crippen molar-refractivity contribution < 1.29 is 9.26 Å². The van der Waals surface area contributed by atoms with Crippen LogP contribution in [0, 0.1) is 0 Å². The molecular formula is C7H13N3O2. The summed E-state index contributed by atoms with van der Waals surface area (Å²) in [4.78, 5) is 4.06. The molecule has 0 saturated heterocycles. The standard InChI is InChI=1S/C7H13N3O2/c1-7(2,11-4)5-9-6(8-3)12-10-5/h1-4H3,(H,8,9,10). The molecule has 0 atom stereocenters. The molecule has 0 amide bonds. The van der Waals surface area contributed by atoms with Crippen LogP contribution in [0.15, 0.2) is 4.52 Å². The summed E-state index contributed by atoms with van der Waals surface area (Å²) in [5, 5.41) is 6.50. The molecule has 5 heteroatoms. The van der Waals surface area contributed by atoms with Gasteiger partial charge in [0.15, 0.2) is 0 Å². The lowest BCUT2D eigenvalue weighted by Crippen LogP contribution is -2.21. The zero-order valence-electron chi connectivity index (χ0n) is 7.71. The van der Waals surface area contributed by atoms with Crippen molar-refractivity contribution >= 4 is 6.01 Å². The highest BCUT2D eigenvalue weighted by Gasteiger charge is 2.25. The van der Waals surface area contributed by atoms with Crippen LogP contribution >= 0.6 is 0 Å². The molecule has 0 aromatic carbocycles. The van der Waals surface area contributed by atoms with Crippen molar-refractivity contribution in [2.45, 2.75) is 19.4 Å². The van der Waals surface area contributed by atoms with Gasteiger partial charge in [-0.15, -0.1) is 0 Å². The van der Waals surface area contributed by atoms with E-state index in [1.54, 1.807) is 14.2 Å². The molecule has 1 aromatic rings. The van der Waals surface area contributed by atoms with Gasteiger partial charge in [0.25, 0.3) is 0 Å². The van der Waals surface area contributed by atoms with Crippen molar-refractivity contribution in [2.75, 3.05) is 19.5 Å². The maximum Gasteiger partial charge on any atom is 0.321 e. The van der Waals surface area contributed by atoms with E-state index in [9.17, 15) is 0 Å². The SMILES string of the molecule is CNc1nc(C(C)(C)OC)no1. The Kier molecular flexibility index (Phi) is 2.32. The van der Waals surface area contributed by atoms with Gasteiger partial charge in [-0.1, -0.05) is 5.16 Å². The average molecular weight is 171 g/mol. The minimum Gasteiger partial charge on any atom is -0.371 e. The average Bonchev–Trinajstić information content (AvgIpc) is 2.52. The normalized spacial score (nSPS) is 11.7. The predicted octanol–water partition coefficient (Wildman–Crippen LogP) is 0.993. The summed E-state index contributed by atoms with van der Waals surface area (Å²) in [6.07, 6.45) is 0. The number of hydrogen-bond donors (Lipinski definition) is 1. The topological polar surface area (TPSA) is 60.2 Å². The summed E-state index contributed by atoms with van der Waals surface area (Å²) >= 11 is 0. The van der Waals surface area contributed by atoms with E-state index in [4.69, 9.17) is 9.26 Å². The Balaban J connectivity index is 2.88. The molecule has 0 radical (unpaired) electrons. The quantitative estimate of drug-likeness (QED) is 0.734. The second-order valence-corrected chi connectivity index (χ2v) is 2.89. The summed E-state index contributed by atoms with van der Waals surface area (Å²) in [5.41, 5.74) is -0.501. The fourth-order valence-corrected chi connectivity index (χ4v) is 0.661. The zero-order chi connectivity index (χ0) is 9.19. The molecule has 0 unspecified atom stereocenters. The van der Waals surface area contributed by atoms with Gasteiger partial charge in [-0.2, -0.15) is 4.98 Å². The van der Waals surface area contributed by atoms with Gasteiger partial charge < -0.3 is 14.6 Å². The summed E-state index contributed by atoms with van der Waals surface area (Å²) in [6, 6.07) is 0.398. The van der Waals surface area contributed by atoms with Crippen LogP contribution in [0.25, 0.3) is 0 Å². The molecule has 0 bridgehead atoms. The van der Waals surface area contributed by atoms with E-state index in [-0.39, 0.29) is 0 Å². The molecule has 0 saturated carbocycles. The minimum absolute atomic E-state index is 0.398. The number of methoxy groups -OCH3 is 1. The zero-order valence-corrected chi connectivity index (χ0v) is 7.71. The van der Waals surface area contributed by atoms with Crippen LogP contribution in [0.3, 0.4) is 0 Å². The first-order valence-electron chi connectivity index (χ1n) is 3.67. The maximum atomic E-state index is 5.17. The first-order chi connectivity index (χ1) is 5.60. The number of anilines is 1. The second kappa shape index (κ2) is 3.10. The van der Waals surface area contributed by atoms with E-state index in [1.807, 2.05) is 13.8 Å². The first-order valence-corrected chi connectivity index (χ1v) is 3.67. The molecule has 0 fully saturated rings. The third-order valence-corrected chi connectivity index (χ3v) is 1.69. The fraction of sp³-hybridized carbons (Fsp3) is 0.714. The van der Waals surface area contributed by atoms with E-state index in [0.29, 0.717) is 11.8 Å². The van der Waals surface area contributed by atoms with E-state index in [2.05, 4.69) is 15.5 Å². The van der Waals surface area contributed by atoms with Crippen molar-refractivity contribution in [1.82, 2.24) is 10.1 Å². The highest BCUT2D eigenvalue weighted by Crippen LogP contribution is 2.21. The summed E-state index contributed by atoms with van der Waals surface area (Å²) < 4.78 is 10.0. The number of aromatic nitrogens is 2. The molecule has 68 valence electrons. The molecule has 12 heavy (non-hydrogen) atoms. The number of hydrogen-bond acceptors (Lipinski definition) is 5. The molecule has 1 N–H and O–H groups in total. The first kappa shape index (κ1) is 8.99. The second-order valence-electron chi connectivity index (χ2n) is 2.89. The Morgan fingerprint density at radius 1 is 1.50 bits per heavy atom. The molecule has 1 aromatic heterocycles. The highest BCUT2D eigenvalue weighted by atomic mass is 16.5. The minimum atomic E-state index is -0.501. The predicted molar refractivity (Wildman–Crippen MR) is 43.9 cm³/mol. The largest absolute Gasteiger partial charge is 0.371 e. The monoisotopic (exact) mass is 171 g/mol. The smallest absolute Gasteiger partial charge is 0.321 e.